The number of hydrogen-bond acceptors (Lipinski definition) is 3. The van der Waals surface area contributed by atoms with Crippen LogP contribution in [0.2, 0.25) is 0 Å². The molecule has 1 amide bonds. The van der Waals surface area contributed by atoms with E-state index in [-0.39, 0.29) is 6.54 Å². The summed E-state index contributed by atoms with van der Waals surface area (Å²) in [6.07, 6.45) is 3.79. The number of carbonyl (C=O) groups is 2. The Morgan fingerprint density at radius 1 is 1.21 bits per heavy atom. The first-order valence-corrected chi connectivity index (χ1v) is 6.68. The van der Waals surface area contributed by atoms with Gasteiger partial charge in [0.15, 0.2) is 0 Å². The van der Waals surface area contributed by atoms with Gasteiger partial charge in [0.1, 0.15) is 6.29 Å². The summed E-state index contributed by atoms with van der Waals surface area (Å²) < 4.78 is 0. The average molecular weight is 260 g/mol. The van der Waals surface area contributed by atoms with Gasteiger partial charge in [-0.05, 0) is 56.6 Å². The molecule has 1 aliphatic rings. The van der Waals surface area contributed by atoms with Gasteiger partial charge in [-0.1, -0.05) is 12.1 Å². The van der Waals surface area contributed by atoms with Crippen LogP contribution >= 0.6 is 0 Å². The highest BCUT2D eigenvalue weighted by molar-refractivity contribution is 5.80. The quantitative estimate of drug-likeness (QED) is 0.756. The molecular weight excluding hydrogens is 240 g/mol. The molecule has 1 aromatic rings. The van der Waals surface area contributed by atoms with E-state index in [1.807, 2.05) is 12.1 Å². The zero-order chi connectivity index (χ0) is 13.7. The van der Waals surface area contributed by atoms with E-state index >= 15 is 0 Å². The third-order valence-electron chi connectivity index (χ3n) is 3.81. The molecule has 0 aliphatic carbocycles. The molecule has 0 spiro atoms. The van der Waals surface area contributed by atoms with Crippen molar-refractivity contribution in [1.29, 1.82) is 0 Å². The number of aldehydes is 1. The first-order chi connectivity index (χ1) is 9.24. The van der Waals surface area contributed by atoms with Crippen LogP contribution in [0, 0.1) is 0 Å². The lowest BCUT2D eigenvalue weighted by Gasteiger charge is -2.29. The Hall–Kier alpha value is -1.68. The van der Waals surface area contributed by atoms with E-state index in [4.69, 9.17) is 0 Å². The van der Waals surface area contributed by atoms with Gasteiger partial charge < -0.3 is 14.6 Å². The highest BCUT2D eigenvalue weighted by atomic mass is 16.1. The number of carbonyl (C=O) groups excluding carboxylic acids is 2. The highest BCUT2D eigenvalue weighted by Gasteiger charge is 2.18. The smallest absolute Gasteiger partial charge is 0.214 e. The number of rotatable bonds is 5. The molecule has 19 heavy (non-hydrogen) atoms. The summed E-state index contributed by atoms with van der Waals surface area (Å²) in [5.41, 5.74) is 2.10. The second kappa shape index (κ2) is 6.48. The van der Waals surface area contributed by atoms with E-state index in [9.17, 15) is 9.59 Å². The molecule has 0 atom stereocenters. The largest absolute Gasteiger partial charge is 0.308 e. The number of amides is 1. The normalized spacial score (nSPS) is 17.1. The number of piperidine rings is 1. The molecule has 1 fully saturated rings. The number of likely N-dealkylation sites (tertiary alicyclic amines) is 1. The van der Waals surface area contributed by atoms with Gasteiger partial charge >= 0.3 is 0 Å². The first-order valence-electron chi connectivity index (χ1n) is 6.68. The monoisotopic (exact) mass is 260 g/mol. The third kappa shape index (κ3) is 3.41. The summed E-state index contributed by atoms with van der Waals surface area (Å²) in [6, 6.07) is 8.00. The second-order valence-electron chi connectivity index (χ2n) is 5.09. The van der Waals surface area contributed by atoms with Crippen molar-refractivity contribution in [2.24, 2.45) is 0 Å². The van der Waals surface area contributed by atoms with E-state index < -0.39 is 0 Å². The minimum Gasteiger partial charge on any atom is -0.308 e. The molecule has 0 unspecified atom stereocenters. The van der Waals surface area contributed by atoms with Crippen LogP contribution < -0.4 is 4.90 Å². The Morgan fingerprint density at radius 2 is 1.84 bits per heavy atom. The van der Waals surface area contributed by atoms with Crippen LogP contribution in [0.15, 0.2) is 24.3 Å². The summed E-state index contributed by atoms with van der Waals surface area (Å²) in [5.74, 6) is 0.612. The Labute approximate surface area is 114 Å². The van der Waals surface area contributed by atoms with Crippen molar-refractivity contribution in [2.75, 3.05) is 31.6 Å². The maximum atomic E-state index is 10.9. The van der Waals surface area contributed by atoms with Crippen LogP contribution in [0.25, 0.3) is 0 Å². The van der Waals surface area contributed by atoms with Gasteiger partial charge in [-0.15, -0.1) is 0 Å². The summed E-state index contributed by atoms with van der Waals surface area (Å²) in [6.45, 7) is 2.38. The van der Waals surface area contributed by atoms with Crippen molar-refractivity contribution >= 4 is 18.4 Å². The van der Waals surface area contributed by atoms with Crippen molar-refractivity contribution < 1.29 is 9.59 Å². The van der Waals surface area contributed by atoms with E-state index in [1.165, 1.54) is 23.3 Å². The summed E-state index contributed by atoms with van der Waals surface area (Å²) in [7, 11) is 2.15. The predicted octanol–water partition coefficient (Wildman–Crippen LogP) is 1.66. The number of nitrogens with zero attached hydrogens (tertiary/aromatic N) is 2. The third-order valence-corrected chi connectivity index (χ3v) is 3.81. The van der Waals surface area contributed by atoms with E-state index in [1.54, 1.807) is 0 Å². The molecular formula is C15H20N2O2. The zero-order valence-corrected chi connectivity index (χ0v) is 11.3. The van der Waals surface area contributed by atoms with Crippen molar-refractivity contribution in [3.63, 3.8) is 0 Å². The van der Waals surface area contributed by atoms with Gasteiger partial charge in [0, 0.05) is 5.69 Å². The molecule has 0 aromatic heterocycles. The molecule has 1 heterocycles. The lowest BCUT2D eigenvalue weighted by Crippen LogP contribution is -2.29. The standard InChI is InChI=1S/C15H20N2O2/c1-16-8-6-14(7-9-16)13-2-4-15(5-3-13)17(12-19)10-11-18/h2-5,11-12,14H,6-10H2,1H3. The molecule has 1 aromatic carbocycles. The Balaban J connectivity index is 2.05. The zero-order valence-electron chi connectivity index (χ0n) is 11.3. The van der Waals surface area contributed by atoms with Gasteiger partial charge in [-0.3, -0.25) is 4.79 Å². The van der Waals surface area contributed by atoms with Gasteiger partial charge in [0.2, 0.25) is 6.41 Å². The van der Waals surface area contributed by atoms with E-state index in [0.717, 1.165) is 25.1 Å². The van der Waals surface area contributed by atoms with E-state index in [2.05, 4.69) is 24.1 Å². The summed E-state index contributed by atoms with van der Waals surface area (Å²) in [4.78, 5) is 25.1. The molecule has 1 aliphatic heterocycles. The number of hydrogen-bond donors (Lipinski definition) is 0. The fourth-order valence-corrected chi connectivity index (χ4v) is 2.57. The van der Waals surface area contributed by atoms with Crippen LogP contribution in [0.4, 0.5) is 5.69 Å². The lowest BCUT2D eigenvalue weighted by molar-refractivity contribution is -0.111. The topological polar surface area (TPSA) is 40.6 Å². The Morgan fingerprint density at radius 3 is 2.37 bits per heavy atom. The minimum atomic E-state index is 0.108. The van der Waals surface area contributed by atoms with Gasteiger partial charge in [0.05, 0.1) is 6.54 Å². The van der Waals surface area contributed by atoms with Crippen LogP contribution in [0.5, 0.6) is 0 Å². The van der Waals surface area contributed by atoms with Crippen LogP contribution in [-0.2, 0) is 9.59 Å². The SMILES string of the molecule is CN1CCC(c2ccc(N(C=O)CC=O)cc2)CC1. The van der Waals surface area contributed by atoms with Gasteiger partial charge in [0.25, 0.3) is 0 Å². The Kier molecular flexibility index (Phi) is 4.68. The molecule has 0 radical (unpaired) electrons. The van der Waals surface area contributed by atoms with Gasteiger partial charge in [-0.25, -0.2) is 0 Å². The van der Waals surface area contributed by atoms with Crippen molar-refractivity contribution in [1.82, 2.24) is 4.90 Å². The van der Waals surface area contributed by atoms with Crippen LogP contribution in [0.3, 0.4) is 0 Å². The maximum Gasteiger partial charge on any atom is 0.214 e. The molecule has 2 rings (SSSR count). The van der Waals surface area contributed by atoms with Crippen LogP contribution in [-0.4, -0.2) is 44.3 Å². The summed E-state index contributed by atoms with van der Waals surface area (Å²) in [5, 5.41) is 0. The van der Waals surface area contributed by atoms with Gasteiger partial charge in [-0.2, -0.15) is 0 Å². The molecule has 4 nitrogen and oxygen atoms in total. The molecule has 0 N–H and O–H groups in total. The predicted molar refractivity (Wildman–Crippen MR) is 75.4 cm³/mol. The van der Waals surface area contributed by atoms with Crippen LogP contribution in [0.1, 0.15) is 24.3 Å². The summed E-state index contributed by atoms with van der Waals surface area (Å²) >= 11 is 0. The van der Waals surface area contributed by atoms with E-state index in [0.29, 0.717) is 12.3 Å². The molecule has 4 heteroatoms. The van der Waals surface area contributed by atoms with Crippen molar-refractivity contribution in [3.05, 3.63) is 29.8 Å². The fourth-order valence-electron chi connectivity index (χ4n) is 2.57. The molecule has 1 saturated heterocycles. The minimum absolute atomic E-state index is 0.108. The maximum absolute atomic E-state index is 10.9. The molecule has 0 saturated carbocycles. The second-order valence-corrected chi connectivity index (χ2v) is 5.09. The Bertz CT molecular complexity index is 422. The van der Waals surface area contributed by atoms with Crippen molar-refractivity contribution in [3.8, 4) is 0 Å². The molecule has 102 valence electrons. The molecule has 0 bridgehead atoms. The fraction of sp³-hybridized carbons (Fsp3) is 0.467. The number of anilines is 1. The lowest BCUT2D eigenvalue weighted by atomic mass is 9.89. The highest BCUT2D eigenvalue weighted by Crippen LogP contribution is 2.28. The first kappa shape index (κ1) is 13.7. The average Bonchev–Trinajstić information content (AvgIpc) is 2.46. The number of benzene rings is 1. The van der Waals surface area contributed by atoms with Crippen molar-refractivity contribution in [2.45, 2.75) is 18.8 Å².